The molecule has 1 aliphatic heterocycles. The Labute approximate surface area is 105 Å². The van der Waals surface area contributed by atoms with E-state index in [1.807, 2.05) is 36.2 Å². The third-order valence-electron chi connectivity index (χ3n) is 3.10. The minimum absolute atomic E-state index is 0.694. The highest BCUT2D eigenvalue weighted by molar-refractivity contribution is 7.99. The van der Waals surface area contributed by atoms with E-state index in [9.17, 15) is 0 Å². The highest BCUT2D eigenvalue weighted by Crippen LogP contribution is 2.16. The SMILES string of the molecule is c1ccn2c(CCNC3CCSC3)nnc2c1. The molecule has 1 saturated heterocycles. The molecule has 17 heavy (non-hydrogen) atoms. The zero-order chi connectivity index (χ0) is 11.5. The topological polar surface area (TPSA) is 42.2 Å². The second kappa shape index (κ2) is 5.06. The van der Waals surface area contributed by atoms with Crippen LogP contribution in [-0.4, -0.2) is 38.7 Å². The number of fused-ring (bicyclic) bond motifs is 1. The smallest absolute Gasteiger partial charge is 0.160 e. The third kappa shape index (κ3) is 2.45. The minimum atomic E-state index is 0.694. The van der Waals surface area contributed by atoms with Gasteiger partial charge in [0.05, 0.1) is 0 Å². The van der Waals surface area contributed by atoms with E-state index in [0.29, 0.717) is 6.04 Å². The average Bonchev–Trinajstić information content (AvgIpc) is 2.99. The van der Waals surface area contributed by atoms with Gasteiger partial charge in [0.1, 0.15) is 5.82 Å². The molecule has 0 spiro atoms. The number of thioether (sulfide) groups is 1. The lowest BCUT2D eigenvalue weighted by Crippen LogP contribution is -2.30. The quantitative estimate of drug-likeness (QED) is 0.887. The Hall–Kier alpha value is -1.07. The summed E-state index contributed by atoms with van der Waals surface area (Å²) < 4.78 is 2.06. The second-order valence-corrected chi connectivity index (χ2v) is 5.46. The molecule has 0 amide bonds. The lowest BCUT2D eigenvalue weighted by atomic mass is 10.2. The molecule has 1 atom stereocenters. The van der Waals surface area contributed by atoms with Gasteiger partial charge in [0.25, 0.3) is 0 Å². The number of hydrogen-bond donors (Lipinski definition) is 1. The van der Waals surface area contributed by atoms with E-state index in [1.165, 1.54) is 17.9 Å². The van der Waals surface area contributed by atoms with E-state index < -0.39 is 0 Å². The van der Waals surface area contributed by atoms with Crippen molar-refractivity contribution in [3.63, 3.8) is 0 Å². The van der Waals surface area contributed by atoms with Crippen molar-refractivity contribution < 1.29 is 0 Å². The molecular formula is C12H16N4S. The van der Waals surface area contributed by atoms with Gasteiger partial charge >= 0.3 is 0 Å². The van der Waals surface area contributed by atoms with Crippen molar-refractivity contribution in [3.05, 3.63) is 30.2 Å². The summed E-state index contributed by atoms with van der Waals surface area (Å²) in [6.45, 7) is 0.987. The van der Waals surface area contributed by atoms with Crippen molar-refractivity contribution in [1.29, 1.82) is 0 Å². The van der Waals surface area contributed by atoms with Gasteiger partial charge in [-0.1, -0.05) is 6.07 Å². The monoisotopic (exact) mass is 248 g/mol. The van der Waals surface area contributed by atoms with Crippen LogP contribution in [0.4, 0.5) is 0 Å². The number of nitrogens with zero attached hydrogens (tertiary/aromatic N) is 3. The maximum atomic E-state index is 4.23. The first kappa shape index (κ1) is 11.0. The van der Waals surface area contributed by atoms with E-state index >= 15 is 0 Å². The lowest BCUT2D eigenvalue weighted by molar-refractivity contribution is 0.554. The molecule has 0 aromatic carbocycles. The van der Waals surface area contributed by atoms with Crippen molar-refractivity contribution in [2.75, 3.05) is 18.1 Å². The first-order chi connectivity index (χ1) is 8.43. The molecule has 1 aliphatic rings. The highest BCUT2D eigenvalue weighted by Gasteiger charge is 2.14. The molecule has 0 bridgehead atoms. The lowest BCUT2D eigenvalue weighted by Gasteiger charge is -2.09. The van der Waals surface area contributed by atoms with Gasteiger partial charge in [-0.25, -0.2) is 0 Å². The number of aromatic nitrogens is 3. The van der Waals surface area contributed by atoms with Crippen LogP contribution >= 0.6 is 11.8 Å². The number of rotatable bonds is 4. The Morgan fingerprint density at radius 3 is 3.29 bits per heavy atom. The van der Waals surface area contributed by atoms with Crippen LogP contribution in [0.15, 0.2) is 24.4 Å². The van der Waals surface area contributed by atoms with Gasteiger partial charge in [-0.2, -0.15) is 11.8 Å². The van der Waals surface area contributed by atoms with Crippen molar-refractivity contribution in [2.45, 2.75) is 18.9 Å². The van der Waals surface area contributed by atoms with E-state index in [-0.39, 0.29) is 0 Å². The molecule has 1 unspecified atom stereocenters. The summed E-state index contributed by atoms with van der Waals surface area (Å²) in [6.07, 6.45) is 4.26. The zero-order valence-electron chi connectivity index (χ0n) is 9.67. The Morgan fingerprint density at radius 1 is 1.41 bits per heavy atom. The van der Waals surface area contributed by atoms with E-state index in [2.05, 4.69) is 19.9 Å². The van der Waals surface area contributed by atoms with Crippen molar-refractivity contribution in [3.8, 4) is 0 Å². The van der Waals surface area contributed by atoms with Crippen LogP contribution in [0, 0.1) is 0 Å². The maximum absolute atomic E-state index is 4.23. The van der Waals surface area contributed by atoms with E-state index in [4.69, 9.17) is 0 Å². The van der Waals surface area contributed by atoms with Crippen LogP contribution in [0.25, 0.3) is 5.65 Å². The van der Waals surface area contributed by atoms with Crippen molar-refractivity contribution >= 4 is 17.4 Å². The number of hydrogen-bond acceptors (Lipinski definition) is 4. The van der Waals surface area contributed by atoms with Gasteiger partial charge in [-0.05, 0) is 24.3 Å². The summed E-state index contributed by atoms with van der Waals surface area (Å²) in [5.41, 5.74) is 0.930. The van der Waals surface area contributed by atoms with Gasteiger partial charge in [-0.15, -0.1) is 10.2 Å². The van der Waals surface area contributed by atoms with Gasteiger partial charge in [-0.3, -0.25) is 4.40 Å². The molecular weight excluding hydrogens is 232 g/mol. The Balaban J connectivity index is 1.60. The Bertz CT molecular complexity index is 490. The average molecular weight is 248 g/mol. The van der Waals surface area contributed by atoms with Crippen molar-refractivity contribution in [2.24, 2.45) is 0 Å². The largest absolute Gasteiger partial charge is 0.313 e. The molecule has 2 aromatic rings. The fourth-order valence-electron chi connectivity index (χ4n) is 2.15. The number of nitrogens with one attached hydrogen (secondary N) is 1. The van der Waals surface area contributed by atoms with Gasteiger partial charge < -0.3 is 5.32 Å². The predicted octanol–water partition coefficient (Wildman–Crippen LogP) is 1.37. The summed E-state index contributed by atoms with van der Waals surface area (Å²) in [7, 11) is 0. The molecule has 1 N–H and O–H groups in total. The highest BCUT2D eigenvalue weighted by atomic mass is 32.2. The maximum Gasteiger partial charge on any atom is 0.160 e. The summed E-state index contributed by atoms with van der Waals surface area (Å²) in [5.74, 6) is 3.59. The molecule has 3 heterocycles. The minimum Gasteiger partial charge on any atom is -0.313 e. The van der Waals surface area contributed by atoms with Crippen LogP contribution in [0.5, 0.6) is 0 Å². The first-order valence-corrected chi connectivity index (χ1v) is 7.19. The van der Waals surface area contributed by atoms with E-state index in [0.717, 1.165) is 24.4 Å². The summed E-state index contributed by atoms with van der Waals surface area (Å²) in [5, 5.41) is 12.0. The van der Waals surface area contributed by atoms with Crippen LogP contribution in [0.2, 0.25) is 0 Å². The second-order valence-electron chi connectivity index (χ2n) is 4.31. The Morgan fingerprint density at radius 2 is 2.41 bits per heavy atom. The predicted molar refractivity (Wildman–Crippen MR) is 70.4 cm³/mol. The molecule has 90 valence electrons. The van der Waals surface area contributed by atoms with Crippen LogP contribution in [0.3, 0.4) is 0 Å². The first-order valence-electron chi connectivity index (χ1n) is 6.03. The number of pyridine rings is 1. The molecule has 0 aliphatic carbocycles. The normalized spacial score (nSPS) is 20.1. The zero-order valence-corrected chi connectivity index (χ0v) is 10.5. The third-order valence-corrected chi connectivity index (χ3v) is 4.26. The molecule has 3 rings (SSSR count). The van der Waals surface area contributed by atoms with Gasteiger partial charge in [0.2, 0.25) is 0 Å². The van der Waals surface area contributed by atoms with E-state index in [1.54, 1.807) is 0 Å². The van der Waals surface area contributed by atoms with Gasteiger partial charge in [0.15, 0.2) is 5.65 Å². The fraction of sp³-hybridized carbons (Fsp3) is 0.500. The fourth-order valence-corrected chi connectivity index (χ4v) is 3.33. The van der Waals surface area contributed by atoms with Crippen LogP contribution in [0.1, 0.15) is 12.2 Å². The summed E-state index contributed by atoms with van der Waals surface area (Å²) in [6, 6.07) is 6.68. The molecule has 0 radical (unpaired) electrons. The molecule has 2 aromatic heterocycles. The molecule has 1 fully saturated rings. The van der Waals surface area contributed by atoms with Gasteiger partial charge in [0, 0.05) is 31.0 Å². The molecule has 5 heteroatoms. The molecule has 4 nitrogen and oxygen atoms in total. The van der Waals surface area contributed by atoms with Crippen molar-refractivity contribution in [1.82, 2.24) is 19.9 Å². The summed E-state index contributed by atoms with van der Waals surface area (Å²) in [4.78, 5) is 0. The molecule has 0 saturated carbocycles. The Kier molecular flexibility index (Phi) is 3.29. The standard InChI is InChI=1S/C12H16N4S/c1-2-7-16-11(3-1)14-15-12(16)4-6-13-10-5-8-17-9-10/h1-3,7,10,13H,4-6,8-9H2. The van der Waals surface area contributed by atoms with Crippen LogP contribution in [-0.2, 0) is 6.42 Å². The van der Waals surface area contributed by atoms with Crippen LogP contribution < -0.4 is 5.32 Å². The summed E-state index contributed by atoms with van der Waals surface area (Å²) >= 11 is 2.04.